The Kier molecular flexibility index (Phi) is 3.74. The number of hydrogen-bond acceptors (Lipinski definition) is 2. The maximum absolute atomic E-state index is 12.7. The Morgan fingerprint density at radius 1 is 1.47 bits per heavy atom. The van der Waals surface area contributed by atoms with Crippen LogP contribution < -0.4 is 0 Å². The van der Waals surface area contributed by atoms with Crippen LogP contribution in [0.4, 0.5) is 4.39 Å². The Morgan fingerprint density at radius 2 is 2.18 bits per heavy atom. The van der Waals surface area contributed by atoms with E-state index in [0.29, 0.717) is 26.1 Å². The lowest BCUT2D eigenvalue weighted by Crippen LogP contribution is -2.45. The molecule has 92 valence electrons. The highest BCUT2D eigenvalue weighted by atomic mass is 19.1. The number of nitrogens with zero attached hydrogens (tertiary/aromatic N) is 1. The quantitative estimate of drug-likeness (QED) is 0.782. The fraction of sp³-hybridized carbons (Fsp3) is 0.462. The maximum Gasteiger partial charge on any atom is 0.227 e. The largest absolute Gasteiger partial charge is 0.375 e. The van der Waals surface area contributed by atoms with Gasteiger partial charge < -0.3 is 9.64 Å². The molecule has 1 aromatic rings. The third-order valence-corrected chi connectivity index (χ3v) is 2.86. The minimum Gasteiger partial charge on any atom is -0.375 e. The molecule has 1 unspecified atom stereocenters. The molecule has 1 aliphatic rings. The zero-order chi connectivity index (χ0) is 12.3. The van der Waals surface area contributed by atoms with Crippen molar-refractivity contribution in [2.45, 2.75) is 19.4 Å². The molecule has 1 atom stereocenters. The van der Waals surface area contributed by atoms with Crippen LogP contribution in [-0.4, -0.2) is 36.6 Å². The van der Waals surface area contributed by atoms with E-state index in [4.69, 9.17) is 4.74 Å². The fourth-order valence-electron chi connectivity index (χ4n) is 1.93. The van der Waals surface area contributed by atoms with Gasteiger partial charge in [0.15, 0.2) is 0 Å². The zero-order valence-electron chi connectivity index (χ0n) is 9.86. The third-order valence-electron chi connectivity index (χ3n) is 2.86. The smallest absolute Gasteiger partial charge is 0.227 e. The summed E-state index contributed by atoms with van der Waals surface area (Å²) in [7, 11) is 0. The fourth-order valence-corrected chi connectivity index (χ4v) is 1.93. The van der Waals surface area contributed by atoms with Crippen LogP contribution in [0, 0.1) is 5.82 Å². The SMILES string of the molecule is CC1CN(C(=O)Cc2ccc(F)cc2)CCO1. The van der Waals surface area contributed by atoms with Crippen molar-refractivity contribution in [3.05, 3.63) is 35.6 Å². The summed E-state index contributed by atoms with van der Waals surface area (Å²) in [4.78, 5) is 13.8. The Morgan fingerprint density at radius 3 is 2.82 bits per heavy atom. The average molecular weight is 237 g/mol. The predicted octanol–water partition coefficient (Wildman–Crippen LogP) is 1.62. The molecule has 0 spiro atoms. The molecule has 1 saturated heterocycles. The van der Waals surface area contributed by atoms with Crippen molar-refractivity contribution in [1.29, 1.82) is 0 Å². The normalized spacial score (nSPS) is 20.4. The van der Waals surface area contributed by atoms with Crippen LogP contribution in [0.3, 0.4) is 0 Å². The highest BCUT2D eigenvalue weighted by Gasteiger charge is 2.21. The van der Waals surface area contributed by atoms with Gasteiger partial charge in [-0.25, -0.2) is 4.39 Å². The molecule has 1 fully saturated rings. The van der Waals surface area contributed by atoms with Gasteiger partial charge in [-0.3, -0.25) is 4.79 Å². The highest BCUT2D eigenvalue weighted by molar-refractivity contribution is 5.78. The second kappa shape index (κ2) is 5.27. The van der Waals surface area contributed by atoms with Crippen LogP contribution in [0.2, 0.25) is 0 Å². The maximum atomic E-state index is 12.7. The van der Waals surface area contributed by atoms with Gasteiger partial charge >= 0.3 is 0 Å². The number of carbonyl (C=O) groups excluding carboxylic acids is 1. The number of morpholine rings is 1. The molecule has 0 bridgehead atoms. The molecule has 0 aliphatic carbocycles. The van der Waals surface area contributed by atoms with Crippen molar-refractivity contribution in [3.8, 4) is 0 Å². The Bertz CT molecular complexity index is 391. The van der Waals surface area contributed by atoms with Gasteiger partial charge in [0.2, 0.25) is 5.91 Å². The topological polar surface area (TPSA) is 29.5 Å². The number of ether oxygens (including phenoxy) is 1. The van der Waals surface area contributed by atoms with Crippen LogP contribution in [-0.2, 0) is 16.0 Å². The van der Waals surface area contributed by atoms with E-state index in [2.05, 4.69) is 0 Å². The number of hydrogen-bond donors (Lipinski definition) is 0. The zero-order valence-corrected chi connectivity index (χ0v) is 9.86. The van der Waals surface area contributed by atoms with Crippen LogP contribution in [0.25, 0.3) is 0 Å². The van der Waals surface area contributed by atoms with E-state index < -0.39 is 0 Å². The standard InChI is InChI=1S/C13H16FNO2/c1-10-9-15(6-7-17-10)13(16)8-11-2-4-12(14)5-3-11/h2-5,10H,6-9H2,1H3. The van der Waals surface area contributed by atoms with Gasteiger partial charge in [-0.15, -0.1) is 0 Å². The molecule has 0 radical (unpaired) electrons. The van der Waals surface area contributed by atoms with Gasteiger partial charge in [0, 0.05) is 13.1 Å². The lowest BCUT2D eigenvalue weighted by Gasteiger charge is -2.31. The van der Waals surface area contributed by atoms with E-state index in [1.54, 1.807) is 17.0 Å². The van der Waals surface area contributed by atoms with Crippen molar-refractivity contribution in [2.24, 2.45) is 0 Å². The number of benzene rings is 1. The number of rotatable bonds is 2. The summed E-state index contributed by atoms with van der Waals surface area (Å²) in [5, 5.41) is 0. The minimum absolute atomic E-state index is 0.0757. The second-order valence-corrected chi connectivity index (χ2v) is 4.32. The molecule has 1 aromatic carbocycles. The Hall–Kier alpha value is -1.42. The number of halogens is 1. The summed E-state index contributed by atoms with van der Waals surface area (Å²) in [6.07, 6.45) is 0.424. The average Bonchev–Trinajstić information content (AvgIpc) is 2.32. The van der Waals surface area contributed by atoms with Gasteiger partial charge in [-0.1, -0.05) is 12.1 Å². The van der Waals surface area contributed by atoms with Crippen molar-refractivity contribution in [2.75, 3.05) is 19.7 Å². The van der Waals surface area contributed by atoms with Gasteiger partial charge in [0.05, 0.1) is 19.1 Å². The number of carbonyl (C=O) groups is 1. The van der Waals surface area contributed by atoms with Gasteiger partial charge in [-0.2, -0.15) is 0 Å². The monoisotopic (exact) mass is 237 g/mol. The van der Waals surface area contributed by atoms with Gasteiger partial charge in [0.25, 0.3) is 0 Å². The van der Waals surface area contributed by atoms with Crippen LogP contribution in [0.1, 0.15) is 12.5 Å². The third kappa shape index (κ3) is 3.27. The highest BCUT2D eigenvalue weighted by Crippen LogP contribution is 2.09. The summed E-state index contributed by atoms with van der Waals surface area (Å²) >= 11 is 0. The Balaban J connectivity index is 1.94. The first-order chi connectivity index (χ1) is 8.15. The second-order valence-electron chi connectivity index (χ2n) is 4.32. The molecule has 17 heavy (non-hydrogen) atoms. The van der Waals surface area contributed by atoms with Crippen molar-refractivity contribution in [1.82, 2.24) is 4.90 Å². The van der Waals surface area contributed by atoms with E-state index in [0.717, 1.165) is 5.56 Å². The van der Waals surface area contributed by atoms with Crippen LogP contribution in [0.15, 0.2) is 24.3 Å². The first-order valence-electron chi connectivity index (χ1n) is 5.79. The number of amides is 1. The molecule has 1 aliphatic heterocycles. The molecule has 0 saturated carbocycles. The molecule has 1 amide bonds. The van der Waals surface area contributed by atoms with Gasteiger partial charge in [-0.05, 0) is 24.6 Å². The summed E-state index contributed by atoms with van der Waals surface area (Å²) in [6.45, 7) is 3.83. The van der Waals surface area contributed by atoms with E-state index in [9.17, 15) is 9.18 Å². The molecule has 2 rings (SSSR count). The van der Waals surface area contributed by atoms with Crippen LogP contribution in [0.5, 0.6) is 0 Å². The van der Waals surface area contributed by atoms with E-state index in [1.807, 2.05) is 6.92 Å². The molecular formula is C13H16FNO2. The van der Waals surface area contributed by atoms with E-state index >= 15 is 0 Å². The molecule has 1 heterocycles. The molecular weight excluding hydrogens is 221 g/mol. The predicted molar refractivity (Wildman–Crippen MR) is 62.1 cm³/mol. The minimum atomic E-state index is -0.277. The van der Waals surface area contributed by atoms with Gasteiger partial charge in [0.1, 0.15) is 5.82 Å². The summed E-state index contributed by atoms with van der Waals surface area (Å²) < 4.78 is 18.1. The van der Waals surface area contributed by atoms with Crippen LogP contribution >= 0.6 is 0 Å². The van der Waals surface area contributed by atoms with Crippen molar-refractivity contribution >= 4 is 5.91 Å². The molecule has 4 heteroatoms. The first-order valence-corrected chi connectivity index (χ1v) is 5.79. The lowest BCUT2D eigenvalue weighted by atomic mass is 10.1. The lowest BCUT2D eigenvalue weighted by molar-refractivity contribution is -0.137. The summed E-state index contributed by atoms with van der Waals surface area (Å²) in [5.74, 6) is -0.201. The summed E-state index contributed by atoms with van der Waals surface area (Å²) in [6, 6.07) is 6.06. The first kappa shape index (κ1) is 12.0. The van der Waals surface area contributed by atoms with E-state index in [-0.39, 0.29) is 17.8 Å². The van der Waals surface area contributed by atoms with Crippen molar-refractivity contribution < 1.29 is 13.9 Å². The molecule has 3 nitrogen and oxygen atoms in total. The summed E-state index contributed by atoms with van der Waals surface area (Å²) in [5.41, 5.74) is 0.843. The Labute approximate surface area is 100 Å². The molecule has 0 aromatic heterocycles. The van der Waals surface area contributed by atoms with E-state index in [1.165, 1.54) is 12.1 Å². The van der Waals surface area contributed by atoms with Crippen molar-refractivity contribution in [3.63, 3.8) is 0 Å². The molecule has 0 N–H and O–H groups in total.